The number of phenolic OH excluding ortho intramolecular Hbond substituents is 1. The van der Waals surface area contributed by atoms with Crippen molar-refractivity contribution in [3.63, 3.8) is 0 Å². The zero-order chi connectivity index (χ0) is 27.8. The summed E-state index contributed by atoms with van der Waals surface area (Å²) in [5, 5.41) is 10.4. The highest BCUT2D eigenvalue weighted by Crippen LogP contribution is 2.61. The van der Waals surface area contributed by atoms with Crippen LogP contribution in [0.2, 0.25) is 0 Å². The normalized spacial score (nSPS) is 25.3. The number of benzene rings is 3. The summed E-state index contributed by atoms with van der Waals surface area (Å²) in [6.07, 6.45) is 2.09. The van der Waals surface area contributed by atoms with Gasteiger partial charge < -0.3 is 5.11 Å². The lowest BCUT2D eigenvalue weighted by molar-refractivity contribution is -0.129. The first-order valence-corrected chi connectivity index (χ1v) is 13.2. The van der Waals surface area contributed by atoms with Gasteiger partial charge in [-0.3, -0.25) is 9.59 Å². The molecule has 40 heavy (non-hydrogen) atoms. The van der Waals surface area contributed by atoms with E-state index in [4.69, 9.17) is 0 Å². The van der Waals surface area contributed by atoms with Crippen molar-refractivity contribution in [1.82, 2.24) is 13.9 Å². The lowest BCUT2D eigenvalue weighted by atomic mass is 9.56. The molecule has 1 aliphatic carbocycles. The standard InChI is InChI=1S/C31H26N4O5/c1-31-24(27(37)33(28(31)38)20-10-4-2-5-11-20)18-25-23(26(31)19-9-8-14-22(36)17-19)15-16-32-29(39)34(30(40)35(25)32)21-12-6-3-7-13-21/h2-15,17,24-26,36H,16,18H2,1H3/t24-,25+,26-,31+/m0/s1. The molecule has 0 radical (unpaired) electrons. The fourth-order valence-corrected chi connectivity index (χ4v) is 6.98. The summed E-state index contributed by atoms with van der Waals surface area (Å²) in [6.45, 7) is 1.95. The van der Waals surface area contributed by atoms with Crippen molar-refractivity contribution in [2.24, 2.45) is 11.3 Å². The number of carbonyl (C=O) groups is 2. The quantitative estimate of drug-likeness (QED) is 0.321. The molecule has 1 saturated carbocycles. The van der Waals surface area contributed by atoms with Crippen LogP contribution in [0, 0.1) is 11.3 Å². The molecule has 1 saturated heterocycles. The van der Waals surface area contributed by atoms with Gasteiger partial charge >= 0.3 is 11.4 Å². The topological polar surface area (TPSA) is 107 Å². The number of hydrogen-bond donors (Lipinski definition) is 1. The summed E-state index contributed by atoms with van der Waals surface area (Å²) in [7, 11) is 0. The molecule has 4 aromatic rings. The van der Waals surface area contributed by atoms with Crippen LogP contribution < -0.4 is 16.3 Å². The van der Waals surface area contributed by atoms with E-state index in [0.29, 0.717) is 16.9 Å². The van der Waals surface area contributed by atoms with Gasteiger partial charge in [-0.2, -0.15) is 0 Å². The van der Waals surface area contributed by atoms with Crippen molar-refractivity contribution < 1.29 is 14.7 Å². The molecule has 4 atom stereocenters. The summed E-state index contributed by atoms with van der Waals surface area (Å²) >= 11 is 0. The fraction of sp³-hybridized carbons (Fsp3) is 0.226. The number of fused-ring (bicyclic) bond motifs is 4. The Bertz CT molecular complexity index is 1830. The molecule has 1 aromatic heterocycles. The Labute approximate surface area is 228 Å². The van der Waals surface area contributed by atoms with E-state index in [9.17, 15) is 24.3 Å². The first kappa shape index (κ1) is 24.1. The molecule has 3 aromatic carbocycles. The molecule has 0 spiro atoms. The second kappa shape index (κ2) is 8.54. The fourth-order valence-electron chi connectivity index (χ4n) is 6.98. The second-order valence-electron chi connectivity index (χ2n) is 10.8. The number of nitrogens with zero attached hydrogens (tertiary/aromatic N) is 4. The number of imide groups is 1. The highest BCUT2D eigenvalue weighted by Gasteiger charge is 2.65. The van der Waals surface area contributed by atoms with Gasteiger partial charge in [-0.1, -0.05) is 54.6 Å². The van der Waals surface area contributed by atoms with Crippen LogP contribution >= 0.6 is 0 Å². The average Bonchev–Trinajstić information content (AvgIpc) is 3.33. The number of para-hydroxylation sites is 2. The van der Waals surface area contributed by atoms with E-state index in [1.165, 1.54) is 14.3 Å². The number of phenols is 1. The van der Waals surface area contributed by atoms with E-state index in [2.05, 4.69) is 0 Å². The predicted molar refractivity (Wildman–Crippen MR) is 147 cm³/mol. The van der Waals surface area contributed by atoms with Crippen molar-refractivity contribution in [2.45, 2.75) is 31.8 Å². The molecular weight excluding hydrogens is 508 g/mol. The number of rotatable bonds is 3. The van der Waals surface area contributed by atoms with E-state index < -0.39 is 34.7 Å². The van der Waals surface area contributed by atoms with Crippen LogP contribution in [0.15, 0.2) is 106 Å². The highest BCUT2D eigenvalue weighted by molar-refractivity contribution is 6.24. The van der Waals surface area contributed by atoms with E-state index in [1.54, 1.807) is 66.7 Å². The molecule has 2 aliphatic heterocycles. The summed E-state index contributed by atoms with van der Waals surface area (Å²) in [4.78, 5) is 56.9. The van der Waals surface area contributed by atoms with E-state index in [-0.39, 0.29) is 30.5 Å². The number of carbonyl (C=O) groups excluding carboxylic acids is 2. The maximum Gasteiger partial charge on any atom is 0.352 e. The molecular formula is C31H26N4O5. The number of anilines is 1. The minimum atomic E-state index is -1.17. The van der Waals surface area contributed by atoms with Crippen LogP contribution in [0.3, 0.4) is 0 Å². The molecule has 7 rings (SSSR count). The SMILES string of the molecule is C[C@@]12C(=O)N(c3ccccc3)C(=O)[C@@H]1C[C@@H]1C(=CCn3c(=O)n(-c4ccccc4)c(=O)n31)[C@@H]2c1cccc(O)c1. The zero-order valence-electron chi connectivity index (χ0n) is 21.7. The van der Waals surface area contributed by atoms with Crippen molar-refractivity contribution in [3.8, 4) is 11.4 Å². The zero-order valence-corrected chi connectivity index (χ0v) is 21.7. The van der Waals surface area contributed by atoms with Crippen LogP contribution in [0.25, 0.3) is 5.69 Å². The van der Waals surface area contributed by atoms with Gasteiger partial charge in [0.25, 0.3) is 0 Å². The third kappa shape index (κ3) is 3.14. The molecule has 0 unspecified atom stereocenters. The molecule has 2 fully saturated rings. The minimum Gasteiger partial charge on any atom is -0.508 e. The number of amides is 2. The first-order valence-electron chi connectivity index (χ1n) is 13.2. The van der Waals surface area contributed by atoms with E-state index in [0.717, 1.165) is 10.1 Å². The highest BCUT2D eigenvalue weighted by atomic mass is 16.3. The van der Waals surface area contributed by atoms with Gasteiger partial charge in [0.05, 0.1) is 35.3 Å². The molecule has 9 nitrogen and oxygen atoms in total. The first-order chi connectivity index (χ1) is 19.3. The number of allylic oxidation sites excluding steroid dienone is 2. The number of aromatic hydroxyl groups is 1. The number of hydrogen-bond acceptors (Lipinski definition) is 5. The van der Waals surface area contributed by atoms with Crippen LogP contribution in [0.1, 0.15) is 30.9 Å². The molecule has 3 heterocycles. The third-order valence-corrected chi connectivity index (χ3v) is 8.77. The lowest BCUT2D eigenvalue weighted by Gasteiger charge is -2.47. The van der Waals surface area contributed by atoms with Crippen molar-refractivity contribution in [3.05, 3.63) is 123 Å². The monoisotopic (exact) mass is 534 g/mol. The molecule has 0 bridgehead atoms. The smallest absolute Gasteiger partial charge is 0.352 e. The second-order valence-corrected chi connectivity index (χ2v) is 10.8. The van der Waals surface area contributed by atoms with Crippen LogP contribution in [-0.4, -0.2) is 30.9 Å². The van der Waals surface area contributed by atoms with Crippen molar-refractivity contribution in [1.29, 1.82) is 0 Å². The third-order valence-electron chi connectivity index (χ3n) is 8.77. The Morgan fingerprint density at radius 3 is 2.17 bits per heavy atom. The van der Waals surface area contributed by atoms with Gasteiger partial charge in [-0.15, -0.1) is 0 Å². The van der Waals surface area contributed by atoms with Gasteiger partial charge in [0.1, 0.15) is 5.75 Å². The average molecular weight is 535 g/mol. The van der Waals surface area contributed by atoms with Crippen LogP contribution in [-0.2, 0) is 16.1 Å². The summed E-state index contributed by atoms with van der Waals surface area (Å²) in [5.74, 6) is -1.98. The Morgan fingerprint density at radius 2 is 1.50 bits per heavy atom. The maximum atomic E-state index is 14.3. The van der Waals surface area contributed by atoms with Crippen molar-refractivity contribution in [2.75, 3.05) is 4.90 Å². The largest absolute Gasteiger partial charge is 0.508 e. The van der Waals surface area contributed by atoms with Crippen molar-refractivity contribution >= 4 is 17.5 Å². The van der Waals surface area contributed by atoms with E-state index >= 15 is 0 Å². The Balaban J connectivity index is 1.44. The predicted octanol–water partition coefficient (Wildman–Crippen LogP) is 3.37. The maximum absolute atomic E-state index is 14.3. The van der Waals surface area contributed by atoms with E-state index in [1.807, 2.05) is 31.2 Å². The minimum absolute atomic E-state index is 0.0391. The van der Waals surface area contributed by atoms with Crippen LogP contribution in [0.5, 0.6) is 5.75 Å². The Hall–Kier alpha value is -4.92. The molecule has 200 valence electrons. The van der Waals surface area contributed by atoms with Gasteiger partial charge in [-0.05, 0) is 60.9 Å². The van der Waals surface area contributed by atoms with Gasteiger partial charge in [0.15, 0.2) is 0 Å². The Kier molecular flexibility index (Phi) is 5.15. The summed E-state index contributed by atoms with van der Waals surface area (Å²) in [6, 6.07) is 23.7. The molecule has 9 heteroatoms. The lowest BCUT2D eigenvalue weighted by Crippen LogP contribution is -2.49. The van der Waals surface area contributed by atoms with Gasteiger partial charge in [0, 0.05) is 5.92 Å². The van der Waals surface area contributed by atoms with Gasteiger partial charge in [0.2, 0.25) is 11.8 Å². The summed E-state index contributed by atoms with van der Waals surface area (Å²) < 4.78 is 4.00. The molecule has 3 aliphatic rings. The Morgan fingerprint density at radius 1 is 0.825 bits per heavy atom. The summed E-state index contributed by atoms with van der Waals surface area (Å²) in [5.41, 5.74) is 0.274. The molecule has 2 amide bonds. The van der Waals surface area contributed by atoms with Crippen LogP contribution in [0.4, 0.5) is 5.69 Å². The number of aromatic nitrogens is 3. The van der Waals surface area contributed by atoms with Gasteiger partial charge in [-0.25, -0.2) is 28.4 Å². The molecule has 1 N–H and O–H groups in total.